The first-order valence-electron chi connectivity index (χ1n) is 11.2. The molecule has 2 aromatic carbocycles. The van der Waals surface area contributed by atoms with E-state index in [0.717, 1.165) is 29.2 Å². The summed E-state index contributed by atoms with van der Waals surface area (Å²) in [5.41, 5.74) is 0.199. The van der Waals surface area contributed by atoms with Gasteiger partial charge in [0.2, 0.25) is 0 Å². The largest absolute Gasteiger partial charge is 0.444 e. The molecule has 1 fully saturated rings. The maximum atomic E-state index is 13.6. The van der Waals surface area contributed by atoms with Gasteiger partial charge in [-0.05, 0) is 61.9 Å². The summed E-state index contributed by atoms with van der Waals surface area (Å²) in [6.45, 7) is 14.0. The molecule has 31 heavy (non-hydrogen) atoms. The highest BCUT2D eigenvalue weighted by atomic mass is 16.6. The van der Waals surface area contributed by atoms with Crippen molar-refractivity contribution in [3.63, 3.8) is 0 Å². The quantitative estimate of drug-likeness (QED) is 0.632. The van der Waals surface area contributed by atoms with E-state index in [1.165, 1.54) is 0 Å². The Hall–Kier alpha value is -2.56. The number of rotatable bonds is 3. The number of benzene rings is 2. The van der Waals surface area contributed by atoms with Crippen LogP contribution in [0.2, 0.25) is 0 Å². The lowest BCUT2D eigenvalue weighted by atomic mass is 9.92. The Kier molecular flexibility index (Phi) is 6.63. The SMILES string of the molecule is CC(C)(C)CN(C(=O)c1ccc2ccccc2c1)C1CCN(C(=O)OC(C)(C)C)CC1. The van der Waals surface area contributed by atoms with Crippen LogP contribution < -0.4 is 0 Å². The van der Waals surface area contributed by atoms with Gasteiger partial charge in [-0.15, -0.1) is 0 Å². The van der Waals surface area contributed by atoms with E-state index in [1.807, 2.05) is 62.1 Å². The number of fused-ring (bicyclic) bond motifs is 1. The minimum atomic E-state index is -0.502. The number of carbonyl (C=O) groups is 2. The van der Waals surface area contributed by atoms with Crippen molar-refractivity contribution in [2.24, 2.45) is 5.41 Å². The normalized spacial score (nSPS) is 15.7. The number of ether oxygens (including phenoxy) is 1. The van der Waals surface area contributed by atoms with Crippen LogP contribution in [0.4, 0.5) is 4.79 Å². The molecule has 3 rings (SSSR count). The van der Waals surface area contributed by atoms with E-state index >= 15 is 0 Å². The Bertz CT molecular complexity index is 932. The molecule has 0 atom stereocenters. The van der Waals surface area contributed by atoms with Crippen LogP contribution >= 0.6 is 0 Å². The summed E-state index contributed by atoms with van der Waals surface area (Å²) in [5.74, 6) is 0.0661. The molecule has 5 nitrogen and oxygen atoms in total. The van der Waals surface area contributed by atoms with Crippen molar-refractivity contribution >= 4 is 22.8 Å². The molecule has 2 amide bonds. The van der Waals surface area contributed by atoms with Crippen molar-refractivity contribution < 1.29 is 14.3 Å². The lowest BCUT2D eigenvalue weighted by Gasteiger charge is -2.41. The average molecular weight is 425 g/mol. The van der Waals surface area contributed by atoms with E-state index in [1.54, 1.807) is 4.90 Å². The van der Waals surface area contributed by atoms with Crippen molar-refractivity contribution in [1.82, 2.24) is 9.80 Å². The third-order valence-corrected chi connectivity index (χ3v) is 5.46. The first-order chi connectivity index (χ1) is 14.4. The average Bonchev–Trinajstić information content (AvgIpc) is 2.69. The van der Waals surface area contributed by atoms with E-state index in [4.69, 9.17) is 4.74 Å². The zero-order valence-electron chi connectivity index (χ0n) is 19.8. The molecule has 0 radical (unpaired) electrons. The third-order valence-electron chi connectivity index (χ3n) is 5.46. The lowest BCUT2D eigenvalue weighted by Crippen LogP contribution is -2.51. The van der Waals surface area contributed by atoms with E-state index in [2.05, 4.69) is 26.8 Å². The Morgan fingerprint density at radius 1 is 0.968 bits per heavy atom. The zero-order chi connectivity index (χ0) is 22.8. The molecule has 168 valence electrons. The molecule has 0 aromatic heterocycles. The number of likely N-dealkylation sites (tertiary alicyclic amines) is 1. The molecule has 1 heterocycles. The minimum absolute atomic E-state index is 0.0190. The first kappa shape index (κ1) is 23.1. The summed E-state index contributed by atoms with van der Waals surface area (Å²) >= 11 is 0. The van der Waals surface area contributed by atoms with Gasteiger partial charge >= 0.3 is 6.09 Å². The highest BCUT2D eigenvalue weighted by molar-refractivity contribution is 5.98. The maximum Gasteiger partial charge on any atom is 0.410 e. The smallest absolute Gasteiger partial charge is 0.410 e. The summed E-state index contributed by atoms with van der Waals surface area (Å²) in [7, 11) is 0. The monoisotopic (exact) mass is 424 g/mol. The molecule has 1 aliphatic heterocycles. The van der Waals surface area contributed by atoms with Gasteiger partial charge in [-0.3, -0.25) is 4.79 Å². The summed E-state index contributed by atoms with van der Waals surface area (Å²) in [6.07, 6.45) is 1.25. The molecule has 5 heteroatoms. The van der Waals surface area contributed by atoms with Crippen molar-refractivity contribution in [3.8, 4) is 0 Å². The fourth-order valence-electron chi connectivity index (χ4n) is 4.05. The van der Waals surface area contributed by atoms with Crippen LogP contribution in [0.1, 0.15) is 64.7 Å². The minimum Gasteiger partial charge on any atom is -0.444 e. The molecule has 0 N–H and O–H groups in total. The number of piperidine rings is 1. The molecule has 0 aliphatic carbocycles. The van der Waals surface area contributed by atoms with Crippen LogP contribution in [0.25, 0.3) is 10.8 Å². The van der Waals surface area contributed by atoms with Crippen LogP contribution in [0, 0.1) is 5.41 Å². The van der Waals surface area contributed by atoms with E-state index in [9.17, 15) is 9.59 Å². The van der Waals surface area contributed by atoms with Gasteiger partial charge < -0.3 is 14.5 Å². The van der Waals surface area contributed by atoms with Crippen molar-refractivity contribution in [2.45, 2.75) is 66.0 Å². The van der Waals surface area contributed by atoms with Crippen LogP contribution in [0.15, 0.2) is 42.5 Å². The number of hydrogen-bond acceptors (Lipinski definition) is 3. The van der Waals surface area contributed by atoms with Crippen LogP contribution in [0.3, 0.4) is 0 Å². The maximum absolute atomic E-state index is 13.6. The second-order valence-electron chi connectivity index (χ2n) is 10.8. The Morgan fingerprint density at radius 3 is 2.16 bits per heavy atom. The van der Waals surface area contributed by atoms with Gasteiger partial charge in [-0.1, -0.05) is 51.1 Å². The Morgan fingerprint density at radius 2 is 1.58 bits per heavy atom. The van der Waals surface area contributed by atoms with E-state index < -0.39 is 5.60 Å². The molecule has 2 aromatic rings. The highest BCUT2D eigenvalue weighted by Gasteiger charge is 2.33. The van der Waals surface area contributed by atoms with Crippen LogP contribution in [-0.4, -0.2) is 53.1 Å². The Balaban J connectivity index is 1.76. The van der Waals surface area contributed by atoms with Gasteiger partial charge in [-0.2, -0.15) is 0 Å². The second kappa shape index (κ2) is 8.89. The standard InChI is InChI=1S/C26H36N2O3/c1-25(2,3)18-28(22-13-15-27(16-14-22)24(30)31-26(4,5)6)23(29)21-12-11-19-9-7-8-10-20(19)17-21/h7-12,17,22H,13-16,18H2,1-6H3. The van der Waals surface area contributed by atoms with Gasteiger partial charge in [0.05, 0.1) is 0 Å². The predicted octanol–water partition coefficient (Wildman–Crippen LogP) is 5.73. The predicted molar refractivity (Wildman–Crippen MR) is 125 cm³/mol. The molecule has 0 spiro atoms. The zero-order valence-corrected chi connectivity index (χ0v) is 19.8. The number of nitrogens with zero attached hydrogens (tertiary/aromatic N) is 2. The number of hydrogen-bond donors (Lipinski definition) is 0. The van der Waals surface area contributed by atoms with Gasteiger partial charge in [0, 0.05) is 31.2 Å². The van der Waals surface area contributed by atoms with Crippen LogP contribution in [-0.2, 0) is 4.74 Å². The van der Waals surface area contributed by atoms with Gasteiger partial charge in [0.25, 0.3) is 5.91 Å². The molecular weight excluding hydrogens is 388 g/mol. The molecule has 1 aliphatic rings. The third kappa shape index (κ3) is 6.22. The fraction of sp³-hybridized carbons (Fsp3) is 0.538. The van der Waals surface area contributed by atoms with Crippen molar-refractivity contribution in [2.75, 3.05) is 19.6 Å². The van der Waals surface area contributed by atoms with Crippen LogP contribution in [0.5, 0.6) is 0 Å². The second-order valence-corrected chi connectivity index (χ2v) is 10.8. The van der Waals surface area contributed by atoms with Gasteiger partial charge in [0.15, 0.2) is 0 Å². The van der Waals surface area contributed by atoms with Gasteiger partial charge in [-0.25, -0.2) is 4.79 Å². The highest BCUT2D eigenvalue weighted by Crippen LogP contribution is 2.26. The van der Waals surface area contributed by atoms with Crippen molar-refractivity contribution in [1.29, 1.82) is 0 Å². The van der Waals surface area contributed by atoms with E-state index in [0.29, 0.717) is 19.6 Å². The molecule has 0 saturated carbocycles. The molecule has 0 unspecified atom stereocenters. The summed E-state index contributed by atoms with van der Waals surface area (Å²) in [4.78, 5) is 29.8. The number of carbonyl (C=O) groups excluding carboxylic acids is 2. The van der Waals surface area contributed by atoms with E-state index in [-0.39, 0.29) is 23.5 Å². The number of amides is 2. The summed E-state index contributed by atoms with van der Waals surface area (Å²) in [5, 5.41) is 2.20. The topological polar surface area (TPSA) is 49.9 Å². The lowest BCUT2D eigenvalue weighted by molar-refractivity contribution is 0.0126. The first-order valence-corrected chi connectivity index (χ1v) is 11.2. The molecular formula is C26H36N2O3. The Labute approximate surface area is 186 Å². The molecule has 0 bridgehead atoms. The summed E-state index contributed by atoms with van der Waals surface area (Å²) in [6, 6.07) is 14.1. The molecule has 1 saturated heterocycles. The van der Waals surface area contributed by atoms with Gasteiger partial charge in [0.1, 0.15) is 5.60 Å². The van der Waals surface area contributed by atoms with Crippen molar-refractivity contribution in [3.05, 3.63) is 48.0 Å². The fourth-order valence-corrected chi connectivity index (χ4v) is 4.05. The summed E-state index contributed by atoms with van der Waals surface area (Å²) < 4.78 is 5.52.